The number of rotatable bonds is 8. The number of nitrogens with zero attached hydrogens (tertiary/aromatic N) is 2. The average Bonchev–Trinajstić information content (AvgIpc) is 2.85. The van der Waals surface area contributed by atoms with Crippen LogP contribution in [0.5, 0.6) is 0 Å². The molecular formula is C28H29F3N2O. The Kier molecular flexibility index (Phi) is 7.78. The van der Waals surface area contributed by atoms with Gasteiger partial charge >= 0.3 is 6.18 Å². The summed E-state index contributed by atoms with van der Waals surface area (Å²) in [6.45, 7) is 3.05. The highest BCUT2D eigenvalue weighted by molar-refractivity contribution is 6.02. The summed E-state index contributed by atoms with van der Waals surface area (Å²) in [6.07, 6.45) is 3.91. The Hall–Kier alpha value is -2.99. The van der Waals surface area contributed by atoms with E-state index in [4.69, 9.17) is 0 Å². The van der Waals surface area contributed by atoms with Gasteiger partial charge in [-0.05, 0) is 79.6 Å². The maximum Gasteiger partial charge on any atom is 0.416 e. The van der Waals surface area contributed by atoms with Crippen molar-refractivity contribution in [3.05, 3.63) is 89.7 Å². The molecule has 4 rings (SSSR count). The van der Waals surface area contributed by atoms with Gasteiger partial charge in [0, 0.05) is 30.9 Å². The highest BCUT2D eigenvalue weighted by Crippen LogP contribution is 2.32. The van der Waals surface area contributed by atoms with E-state index in [0.717, 1.165) is 57.5 Å². The minimum absolute atomic E-state index is 0.0458. The number of Topliss-reactive ketones (excluding diaryl/α,β-unsaturated/α-hetero) is 1. The molecule has 3 nitrogen and oxygen atoms in total. The molecule has 1 saturated heterocycles. The number of aromatic nitrogens is 1. The summed E-state index contributed by atoms with van der Waals surface area (Å²) in [5.41, 5.74) is 2.43. The predicted octanol–water partition coefficient (Wildman–Crippen LogP) is 7.03. The zero-order valence-electron chi connectivity index (χ0n) is 19.1. The first kappa shape index (κ1) is 24.1. The highest BCUT2D eigenvalue weighted by Gasteiger charge is 2.30. The molecule has 1 aromatic heterocycles. The summed E-state index contributed by atoms with van der Waals surface area (Å²) < 4.78 is 38.6. The SMILES string of the molecule is O=C(CCCC1CCN(Cc2cccnc2)CC1)c1ccccc1-c1ccc(C(F)(F)F)cc1. The largest absolute Gasteiger partial charge is 0.416 e. The number of hydrogen-bond donors (Lipinski definition) is 0. The van der Waals surface area contributed by atoms with Crippen LogP contribution < -0.4 is 0 Å². The molecule has 1 fully saturated rings. The molecule has 2 aromatic carbocycles. The molecular weight excluding hydrogens is 437 g/mol. The van der Waals surface area contributed by atoms with E-state index in [0.29, 0.717) is 29.0 Å². The summed E-state index contributed by atoms with van der Waals surface area (Å²) in [5, 5.41) is 0. The highest BCUT2D eigenvalue weighted by atomic mass is 19.4. The molecule has 0 atom stereocenters. The topological polar surface area (TPSA) is 33.2 Å². The Morgan fingerprint density at radius 2 is 1.71 bits per heavy atom. The van der Waals surface area contributed by atoms with Crippen LogP contribution in [0, 0.1) is 5.92 Å². The number of halogens is 3. The molecule has 0 amide bonds. The summed E-state index contributed by atoms with van der Waals surface area (Å²) in [5.74, 6) is 0.674. The number of carbonyl (C=O) groups is 1. The Bertz CT molecular complexity index is 1070. The van der Waals surface area contributed by atoms with Crippen LogP contribution in [-0.2, 0) is 12.7 Å². The van der Waals surface area contributed by atoms with Crippen LogP contribution in [0.3, 0.4) is 0 Å². The molecule has 3 aromatic rings. The number of carbonyl (C=O) groups excluding carboxylic acids is 1. The van der Waals surface area contributed by atoms with Crippen LogP contribution in [0.25, 0.3) is 11.1 Å². The van der Waals surface area contributed by atoms with E-state index in [1.165, 1.54) is 17.7 Å². The van der Waals surface area contributed by atoms with Crippen molar-refractivity contribution >= 4 is 5.78 Å². The lowest BCUT2D eigenvalue weighted by atomic mass is 9.89. The zero-order chi connectivity index (χ0) is 24.0. The van der Waals surface area contributed by atoms with Gasteiger partial charge < -0.3 is 0 Å². The summed E-state index contributed by atoms with van der Waals surface area (Å²) in [4.78, 5) is 19.6. The second-order valence-electron chi connectivity index (χ2n) is 9.02. The Morgan fingerprint density at radius 3 is 2.38 bits per heavy atom. The van der Waals surface area contributed by atoms with Crippen LogP contribution in [0.2, 0.25) is 0 Å². The van der Waals surface area contributed by atoms with Crippen LogP contribution in [0.1, 0.15) is 53.6 Å². The molecule has 0 radical (unpaired) electrons. The predicted molar refractivity (Wildman–Crippen MR) is 127 cm³/mol. The molecule has 0 bridgehead atoms. The molecule has 0 aliphatic carbocycles. The number of alkyl halides is 3. The van der Waals surface area contributed by atoms with Crippen molar-refractivity contribution in [3.63, 3.8) is 0 Å². The first-order chi connectivity index (χ1) is 16.4. The van der Waals surface area contributed by atoms with Crippen molar-refractivity contribution in [1.29, 1.82) is 0 Å². The van der Waals surface area contributed by atoms with Crippen molar-refractivity contribution in [3.8, 4) is 11.1 Å². The fourth-order valence-electron chi connectivity index (χ4n) is 4.69. The zero-order valence-corrected chi connectivity index (χ0v) is 19.1. The molecule has 0 saturated carbocycles. The molecule has 1 aliphatic heterocycles. The minimum atomic E-state index is -4.37. The van der Waals surface area contributed by atoms with E-state index in [9.17, 15) is 18.0 Å². The van der Waals surface area contributed by atoms with Gasteiger partial charge in [0.05, 0.1) is 5.56 Å². The first-order valence-corrected chi connectivity index (χ1v) is 11.8. The normalized spacial score (nSPS) is 15.4. The fraction of sp³-hybridized carbons (Fsp3) is 0.357. The van der Waals surface area contributed by atoms with E-state index < -0.39 is 11.7 Å². The number of hydrogen-bond acceptors (Lipinski definition) is 3. The Morgan fingerprint density at radius 1 is 0.971 bits per heavy atom. The van der Waals surface area contributed by atoms with Gasteiger partial charge in [0.15, 0.2) is 5.78 Å². The van der Waals surface area contributed by atoms with Gasteiger partial charge in [-0.1, -0.05) is 42.5 Å². The third-order valence-corrected chi connectivity index (χ3v) is 6.60. The van der Waals surface area contributed by atoms with Gasteiger partial charge in [0.25, 0.3) is 0 Å². The van der Waals surface area contributed by atoms with Crippen molar-refractivity contribution in [2.75, 3.05) is 13.1 Å². The maximum absolute atomic E-state index is 13.0. The number of likely N-dealkylation sites (tertiary alicyclic amines) is 1. The van der Waals surface area contributed by atoms with E-state index in [1.807, 2.05) is 18.3 Å². The molecule has 0 spiro atoms. The number of ketones is 1. The maximum atomic E-state index is 13.0. The quantitative estimate of drug-likeness (QED) is 0.334. The second kappa shape index (κ2) is 11.0. The van der Waals surface area contributed by atoms with E-state index >= 15 is 0 Å². The van der Waals surface area contributed by atoms with E-state index in [-0.39, 0.29) is 5.78 Å². The van der Waals surface area contributed by atoms with Crippen LogP contribution >= 0.6 is 0 Å². The van der Waals surface area contributed by atoms with Crippen molar-refractivity contribution in [1.82, 2.24) is 9.88 Å². The number of piperidine rings is 1. The van der Waals surface area contributed by atoms with Crippen molar-refractivity contribution in [2.24, 2.45) is 5.92 Å². The molecule has 6 heteroatoms. The number of pyridine rings is 1. The van der Waals surface area contributed by atoms with E-state index in [1.54, 1.807) is 24.4 Å². The smallest absolute Gasteiger partial charge is 0.299 e. The van der Waals surface area contributed by atoms with Crippen molar-refractivity contribution < 1.29 is 18.0 Å². The summed E-state index contributed by atoms with van der Waals surface area (Å²) in [7, 11) is 0. The third-order valence-electron chi connectivity index (χ3n) is 6.60. The van der Waals surface area contributed by atoms with E-state index in [2.05, 4.69) is 16.0 Å². The van der Waals surface area contributed by atoms with Crippen molar-refractivity contribution in [2.45, 2.75) is 44.8 Å². The lowest BCUT2D eigenvalue weighted by molar-refractivity contribution is -0.137. The van der Waals surface area contributed by atoms with Gasteiger partial charge in [0.2, 0.25) is 0 Å². The molecule has 34 heavy (non-hydrogen) atoms. The molecule has 1 aliphatic rings. The monoisotopic (exact) mass is 466 g/mol. The van der Waals surface area contributed by atoms with Gasteiger partial charge in [-0.15, -0.1) is 0 Å². The van der Waals surface area contributed by atoms with Gasteiger partial charge in [-0.25, -0.2) is 0 Å². The van der Waals surface area contributed by atoms with Gasteiger partial charge in [-0.3, -0.25) is 14.7 Å². The summed E-state index contributed by atoms with van der Waals surface area (Å²) in [6, 6.07) is 16.3. The van der Waals surface area contributed by atoms with Crippen LogP contribution in [0.4, 0.5) is 13.2 Å². The van der Waals surface area contributed by atoms with Gasteiger partial charge in [0.1, 0.15) is 0 Å². The fourth-order valence-corrected chi connectivity index (χ4v) is 4.69. The Balaban J connectivity index is 1.28. The first-order valence-electron chi connectivity index (χ1n) is 11.8. The lowest BCUT2D eigenvalue weighted by Gasteiger charge is -2.32. The van der Waals surface area contributed by atoms with Crippen LogP contribution in [-0.4, -0.2) is 28.8 Å². The minimum Gasteiger partial charge on any atom is -0.299 e. The van der Waals surface area contributed by atoms with Gasteiger partial charge in [-0.2, -0.15) is 13.2 Å². The average molecular weight is 467 g/mol. The molecule has 2 heterocycles. The van der Waals surface area contributed by atoms with Crippen LogP contribution in [0.15, 0.2) is 73.1 Å². The lowest BCUT2D eigenvalue weighted by Crippen LogP contribution is -2.33. The number of benzene rings is 2. The standard InChI is InChI=1S/C28H29F3N2O/c29-28(30,31)24-12-10-23(11-13-24)25-7-1-2-8-26(25)27(34)9-3-5-21-14-17-33(18-15-21)20-22-6-4-16-32-19-22/h1-2,4,6-8,10-13,16,19,21H,3,5,9,14-15,17-18,20H2. The molecule has 178 valence electrons. The molecule has 0 N–H and O–H groups in total. The second-order valence-corrected chi connectivity index (χ2v) is 9.02. The Labute approximate surface area is 198 Å². The third kappa shape index (κ3) is 6.32. The summed E-state index contributed by atoms with van der Waals surface area (Å²) >= 11 is 0. The molecule has 0 unspecified atom stereocenters.